The fourth-order valence-electron chi connectivity index (χ4n) is 4.41. The van der Waals surface area contributed by atoms with Crippen molar-refractivity contribution in [1.82, 2.24) is 9.80 Å². The van der Waals surface area contributed by atoms with Crippen molar-refractivity contribution in [3.63, 3.8) is 0 Å². The van der Waals surface area contributed by atoms with Crippen molar-refractivity contribution in [3.05, 3.63) is 28.8 Å². The summed E-state index contributed by atoms with van der Waals surface area (Å²) in [5.41, 5.74) is 0.770. The van der Waals surface area contributed by atoms with Crippen molar-refractivity contribution in [3.8, 4) is 11.5 Å². The number of benzene rings is 1. The first kappa shape index (κ1) is 23.5. The summed E-state index contributed by atoms with van der Waals surface area (Å²) in [5.74, 6) is 1.87. The van der Waals surface area contributed by atoms with Gasteiger partial charge in [-0.15, -0.1) is 0 Å². The van der Waals surface area contributed by atoms with Gasteiger partial charge in [-0.05, 0) is 62.3 Å². The maximum atomic E-state index is 12.8. The average molecular weight is 449 g/mol. The van der Waals surface area contributed by atoms with Crippen LogP contribution in [0, 0.1) is 11.8 Å². The summed E-state index contributed by atoms with van der Waals surface area (Å²) >= 11 is 6.28. The quantitative estimate of drug-likeness (QED) is 0.610. The number of amides is 2. The Balaban J connectivity index is 1.56. The van der Waals surface area contributed by atoms with Crippen LogP contribution in [0.2, 0.25) is 5.02 Å². The standard InChI is InChI=1S/C24H33ClN2O4/c1-4-31-21-15-18(14-20(25)23(21)30-3)7-8-22(28)26-12-9-19(10-13-26)24(29)27-11-5-6-17(2)16-27/h7-8,14-15,17,19H,4-6,9-13,16H2,1-3H3/b8-7+. The number of hydrogen-bond acceptors (Lipinski definition) is 4. The van der Waals surface area contributed by atoms with Crippen molar-refractivity contribution >= 4 is 29.5 Å². The number of hydrogen-bond donors (Lipinski definition) is 0. The lowest BCUT2D eigenvalue weighted by Crippen LogP contribution is -2.46. The third-order valence-corrected chi connectivity index (χ3v) is 6.36. The van der Waals surface area contributed by atoms with E-state index in [1.165, 1.54) is 6.42 Å². The first-order valence-corrected chi connectivity index (χ1v) is 11.6. The van der Waals surface area contributed by atoms with E-state index in [0.29, 0.717) is 42.1 Å². The molecule has 2 fully saturated rings. The van der Waals surface area contributed by atoms with Gasteiger partial charge in [-0.2, -0.15) is 0 Å². The monoisotopic (exact) mass is 448 g/mol. The Morgan fingerprint density at radius 3 is 2.55 bits per heavy atom. The number of likely N-dealkylation sites (tertiary alicyclic amines) is 2. The summed E-state index contributed by atoms with van der Waals surface area (Å²) in [6.07, 6.45) is 7.05. The van der Waals surface area contributed by atoms with Gasteiger partial charge in [0.1, 0.15) is 0 Å². The topological polar surface area (TPSA) is 59.1 Å². The van der Waals surface area contributed by atoms with Gasteiger partial charge < -0.3 is 19.3 Å². The molecule has 6 nitrogen and oxygen atoms in total. The molecular formula is C24H33ClN2O4. The van der Waals surface area contributed by atoms with Crippen LogP contribution in [0.25, 0.3) is 6.08 Å². The molecule has 1 aromatic carbocycles. The number of ether oxygens (including phenoxy) is 2. The highest BCUT2D eigenvalue weighted by molar-refractivity contribution is 6.32. The van der Waals surface area contributed by atoms with E-state index in [2.05, 4.69) is 6.92 Å². The second kappa shape index (κ2) is 10.9. The minimum atomic E-state index is -0.0533. The summed E-state index contributed by atoms with van der Waals surface area (Å²) < 4.78 is 10.9. The highest BCUT2D eigenvalue weighted by Crippen LogP contribution is 2.36. The number of piperidine rings is 2. The molecule has 7 heteroatoms. The molecule has 170 valence electrons. The Labute approximate surface area is 190 Å². The number of carbonyl (C=O) groups excluding carboxylic acids is 2. The van der Waals surface area contributed by atoms with Crippen LogP contribution < -0.4 is 9.47 Å². The highest BCUT2D eigenvalue weighted by Gasteiger charge is 2.31. The Morgan fingerprint density at radius 1 is 1.16 bits per heavy atom. The SMILES string of the molecule is CCOc1cc(/C=C/C(=O)N2CCC(C(=O)N3CCCC(C)C3)CC2)cc(Cl)c1OC. The van der Waals surface area contributed by atoms with E-state index in [-0.39, 0.29) is 17.7 Å². The molecule has 2 saturated heterocycles. The van der Waals surface area contributed by atoms with Gasteiger partial charge in [0.05, 0.1) is 18.7 Å². The molecule has 0 N–H and O–H groups in total. The molecule has 0 spiro atoms. The van der Waals surface area contributed by atoms with E-state index >= 15 is 0 Å². The van der Waals surface area contributed by atoms with Gasteiger partial charge in [-0.25, -0.2) is 0 Å². The van der Waals surface area contributed by atoms with E-state index in [9.17, 15) is 9.59 Å². The molecule has 2 amide bonds. The number of carbonyl (C=O) groups is 2. The summed E-state index contributed by atoms with van der Waals surface area (Å²) in [5, 5.41) is 0.437. The number of rotatable bonds is 6. The molecule has 2 aliphatic rings. The molecule has 31 heavy (non-hydrogen) atoms. The van der Waals surface area contributed by atoms with Crippen molar-refractivity contribution in [2.45, 2.75) is 39.5 Å². The van der Waals surface area contributed by atoms with Gasteiger partial charge in [0.25, 0.3) is 0 Å². The third-order valence-electron chi connectivity index (χ3n) is 6.08. The smallest absolute Gasteiger partial charge is 0.246 e. The van der Waals surface area contributed by atoms with Crippen molar-refractivity contribution in [2.75, 3.05) is 39.9 Å². The van der Waals surface area contributed by atoms with Crippen LogP contribution in [0.3, 0.4) is 0 Å². The highest BCUT2D eigenvalue weighted by atomic mass is 35.5. The Morgan fingerprint density at radius 2 is 1.90 bits per heavy atom. The van der Waals surface area contributed by atoms with Crippen LogP contribution in [0.15, 0.2) is 18.2 Å². The van der Waals surface area contributed by atoms with Gasteiger partial charge in [0.2, 0.25) is 11.8 Å². The molecule has 1 atom stereocenters. The van der Waals surface area contributed by atoms with Crippen LogP contribution >= 0.6 is 11.6 Å². The summed E-state index contributed by atoms with van der Waals surface area (Å²) in [6, 6.07) is 3.56. The largest absolute Gasteiger partial charge is 0.491 e. The lowest BCUT2D eigenvalue weighted by atomic mass is 9.92. The van der Waals surface area contributed by atoms with Gasteiger partial charge in [0.15, 0.2) is 11.5 Å². The predicted molar refractivity (Wildman–Crippen MR) is 122 cm³/mol. The van der Waals surface area contributed by atoms with Crippen LogP contribution in [-0.4, -0.2) is 61.5 Å². The second-order valence-corrected chi connectivity index (χ2v) is 8.84. The van der Waals surface area contributed by atoms with E-state index in [1.807, 2.05) is 22.8 Å². The summed E-state index contributed by atoms with van der Waals surface area (Å²) in [6.45, 7) is 7.55. The van der Waals surface area contributed by atoms with Crippen molar-refractivity contribution < 1.29 is 19.1 Å². The van der Waals surface area contributed by atoms with Crippen LogP contribution in [0.5, 0.6) is 11.5 Å². The predicted octanol–water partition coefficient (Wildman–Crippen LogP) is 4.26. The minimum absolute atomic E-state index is 0.0347. The molecule has 0 aromatic heterocycles. The molecule has 2 heterocycles. The Hall–Kier alpha value is -2.21. The van der Waals surface area contributed by atoms with Crippen LogP contribution in [0.1, 0.15) is 45.1 Å². The molecule has 0 saturated carbocycles. The second-order valence-electron chi connectivity index (χ2n) is 8.43. The summed E-state index contributed by atoms with van der Waals surface area (Å²) in [7, 11) is 1.54. The molecule has 1 aromatic rings. The van der Waals surface area contributed by atoms with E-state index in [0.717, 1.165) is 37.9 Å². The zero-order valence-electron chi connectivity index (χ0n) is 18.7. The maximum absolute atomic E-state index is 12.8. The molecular weight excluding hydrogens is 416 g/mol. The van der Waals surface area contributed by atoms with E-state index in [1.54, 1.807) is 25.3 Å². The molecule has 0 radical (unpaired) electrons. The lowest BCUT2D eigenvalue weighted by Gasteiger charge is -2.37. The van der Waals surface area contributed by atoms with Gasteiger partial charge in [-0.1, -0.05) is 18.5 Å². The normalized spacial score (nSPS) is 20.2. The molecule has 0 bridgehead atoms. The van der Waals surface area contributed by atoms with Crippen molar-refractivity contribution in [1.29, 1.82) is 0 Å². The average Bonchev–Trinajstić information content (AvgIpc) is 2.77. The maximum Gasteiger partial charge on any atom is 0.246 e. The first-order valence-electron chi connectivity index (χ1n) is 11.2. The lowest BCUT2D eigenvalue weighted by molar-refractivity contribution is -0.140. The zero-order chi connectivity index (χ0) is 22.4. The number of nitrogens with zero attached hydrogens (tertiary/aromatic N) is 2. The fourth-order valence-corrected chi connectivity index (χ4v) is 4.71. The van der Waals surface area contributed by atoms with E-state index in [4.69, 9.17) is 21.1 Å². The van der Waals surface area contributed by atoms with Gasteiger partial charge >= 0.3 is 0 Å². The van der Waals surface area contributed by atoms with E-state index < -0.39 is 0 Å². The molecule has 0 aliphatic carbocycles. The Bertz CT molecular complexity index is 818. The molecule has 2 aliphatic heterocycles. The van der Waals surface area contributed by atoms with Crippen LogP contribution in [0.4, 0.5) is 0 Å². The van der Waals surface area contributed by atoms with Gasteiger partial charge in [-0.3, -0.25) is 9.59 Å². The Kier molecular flexibility index (Phi) is 8.24. The minimum Gasteiger partial charge on any atom is -0.491 e. The van der Waals surface area contributed by atoms with Crippen LogP contribution in [-0.2, 0) is 9.59 Å². The number of halogens is 1. The van der Waals surface area contributed by atoms with Gasteiger partial charge in [0, 0.05) is 38.2 Å². The third kappa shape index (κ3) is 5.94. The number of methoxy groups -OCH3 is 1. The molecule has 3 rings (SSSR count). The molecule has 1 unspecified atom stereocenters. The zero-order valence-corrected chi connectivity index (χ0v) is 19.5. The van der Waals surface area contributed by atoms with Crippen molar-refractivity contribution in [2.24, 2.45) is 11.8 Å². The fraction of sp³-hybridized carbons (Fsp3) is 0.583. The first-order chi connectivity index (χ1) is 14.9. The summed E-state index contributed by atoms with van der Waals surface area (Å²) in [4.78, 5) is 29.3.